The number of benzene rings is 3. The van der Waals surface area contributed by atoms with Gasteiger partial charge >= 0.3 is 5.97 Å². The number of hydrazone groups is 1. The van der Waals surface area contributed by atoms with Gasteiger partial charge in [0.15, 0.2) is 0 Å². The number of amides is 1. The Morgan fingerprint density at radius 2 is 1.84 bits per heavy atom. The first kappa shape index (κ1) is 22.2. The lowest BCUT2D eigenvalue weighted by atomic mass is 10.1. The summed E-state index contributed by atoms with van der Waals surface area (Å²) >= 11 is 3.40. The molecular formula is C24H21BrN2O4. The van der Waals surface area contributed by atoms with Crippen LogP contribution >= 0.6 is 15.9 Å². The van der Waals surface area contributed by atoms with Crippen molar-refractivity contribution in [1.29, 1.82) is 0 Å². The lowest BCUT2D eigenvalue weighted by Gasteiger charge is -2.09. The molecule has 3 aromatic carbocycles. The number of para-hydroxylation sites is 1. The van der Waals surface area contributed by atoms with Gasteiger partial charge in [0, 0.05) is 10.0 Å². The Bertz CT molecular complexity index is 1130. The number of hydrogen-bond acceptors (Lipinski definition) is 5. The van der Waals surface area contributed by atoms with Gasteiger partial charge in [0.2, 0.25) is 0 Å². The smallest absolute Gasteiger partial charge is 0.343 e. The first-order chi connectivity index (χ1) is 15.0. The zero-order chi connectivity index (χ0) is 22.2. The summed E-state index contributed by atoms with van der Waals surface area (Å²) in [5.41, 5.74) is 4.79. The van der Waals surface area contributed by atoms with Crippen molar-refractivity contribution < 1.29 is 19.1 Å². The van der Waals surface area contributed by atoms with Gasteiger partial charge in [0.25, 0.3) is 5.91 Å². The van der Waals surface area contributed by atoms with Crippen LogP contribution in [0.1, 0.15) is 38.8 Å². The normalized spacial score (nSPS) is 10.7. The second-order valence-electron chi connectivity index (χ2n) is 6.57. The van der Waals surface area contributed by atoms with Crippen molar-refractivity contribution in [3.05, 3.63) is 93.5 Å². The van der Waals surface area contributed by atoms with E-state index in [1.165, 1.54) is 6.21 Å². The molecule has 6 nitrogen and oxygen atoms in total. The predicted octanol–water partition coefficient (Wildman–Crippen LogP) is 5.14. The SMILES string of the molecule is CCOc1ccccc1C(=O)N/N=C/c1cc(Br)ccc1OC(=O)c1cccc(C)c1. The third kappa shape index (κ3) is 6.02. The Morgan fingerprint density at radius 1 is 1.03 bits per heavy atom. The molecule has 1 N–H and O–H groups in total. The van der Waals surface area contributed by atoms with Crippen LogP contribution in [-0.4, -0.2) is 24.7 Å². The summed E-state index contributed by atoms with van der Waals surface area (Å²) in [5.74, 6) is -0.0840. The molecule has 0 saturated carbocycles. The summed E-state index contributed by atoms with van der Waals surface area (Å²) in [6, 6.07) is 19.2. The predicted molar refractivity (Wildman–Crippen MR) is 123 cm³/mol. The molecule has 0 saturated heterocycles. The highest BCUT2D eigenvalue weighted by Gasteiger charge is 2.13. The van der Waals surface area contributed by atoms with Crippen LogP contribution < -0.4 is 14.9 Å². The average molecular weight is 481 g/mol. The van der Waals surface area contributed by atoms with E-state index in [4.69, 9.17) is 9.47 Å². The molecule has 3 aromatic rings. The van der Waals surface area contributed by atoms with Gasteiger partial charge in [-0.25, -0.2) is 10.2 Å². The third-order valence-corrected chi connectivity index (χ3v) is 4.72. The molecule has 1 amide bonds. The molecule has 0 atom stereocenters. The standard InChI is InChI=1S/C24H21BrN2O4/c1-3-30-22-10-5-4-9-20(22)23(28)27-26-15-18-14-19(25)11-12-21(18)31-24(29)17-8-6-7-16(2)13-17/h4-15H,3H2,1-2H3,(H,27,28)/b26-15+. The maximum atomic E-state index is 12.5. The molecular weight excluding hydrogens is 460 g/mol. The van der Waals surface area contributed by atoms with Gasteiger partial charge in [-0.15, -0.1) is 0 Å². The van der Waals surface area contributed by atoms with E-state index >= 15 is 0 Å². The van der Waals surface area contributed by atoms with E-state index in [0.717, 1.165) is 10.0 Å². The Hall–Kier alpha value is -3.45. The van der Waals surface area contributed by atoms with E-state index in [0.29, 0.717) is 34.8 Å². The number of nitrogens with zero attached hydrogens (tertiary/aromatic N) is 1. The molecule has 0 aliphatic rings. The van der Waals surface area contributed by atoms with Crippen LogP contribution in [0.5, 0.6) is 11.5 Å². The molecule has 0 unspecified atom stereocenters. The Balaban J connectivity index is 1.76. The monoisotopic (exact) mass is 480 g/mol. The maximum absolute atomic E-state index is 12.5. The van der Waals surface area contributed by atoms with Gasteiger partial charge in [-0.2, -0.15) is 5.10 Å². The molecule has 0 fully saturated rings. The molecule has 3 rings (SSSR count). The minimum atomic E-state index is -0.477. The van der Waals surface area contributed by atoms with E-state index in [9.17, 15) is 9.59 Å². The third-order valence-electron chi connectivity index (χ3n) is 4.23. The van der Waals surface area contributed by atoms with Gasteiger partial charge < -0.3 is 9.47 Å². The van der Waals surface area contributed by atoms with Gasteiger partial charge in [-0.3, -0.25) is 4.79 Å². The minimum absolute atomic E-state index is 0.322. The summed E-state index contributed by atoms with van der Waals surface area (Å²) in [7, 11) is 0. The van der Waals surface area contributed by atoms with Crippen LogP contribution in [-0.2, 0) is 0 Å². The zero-order valence-corrected chi connectivity index (χ0v) is 18.7. The quantitative estimate of drug-likeness (QED) is 0.220. The Kier molecular flexibility index (Phi) is 7.56. The minimum Gasteiger partial charge on any atom is -0.493 e. The number of carbonyl (C=O) groups is 2. The van der Waals surface area contributed by atoms with Crippen LogP contribution in [0.15, 0.2) is 76.3 Å². The molecule has 7 heteroatoms. The molecule has 0 heterocycles. The van der Waals surface area contributed by atoms with E-state index in [1.807, 2.05) is 19.9 Å². The van der Waals surface area contributed by atoms with Crippen LogP contribution in [0, 0.1) is 6.92 Å². The number of hydrogen-bond donors (Lipinski definition) is 1. The van der Waals surface area contributed by atoms with Crippen LogP contribution in [0.4, 0.5) is 0 Å². The zero-order valence-electron chi connectivity index (χ0n) is 17.1. The van der Waals surface area contributed by atoms with Crippen molar-refractivity contribution in [2.45, 2.75) is 13.8 Å². The summed E-state index contributed by atoms with van der Waals surface area (Å²) in [4.78, 5) is 25.0. The molecule has 31 heavy (non-hydrogen) atoms. The van der Waals surface area contributed by atoms with Crippen molar-refractivity contribution in [3.63, 3.8) is 0 Å². The van der Waals surface area contributed by atoms with Gasteiger partial charge in [0.1, 0.15) is 11.5 Å². The second-order valence-corrected chi connectivity index (χ2v) is 7.49. The van der Waals surface area contributed by atoms with Crippen LogP contribution in [0.25, 0.3) is 0 Å². The van der Waals surface area contributed by atoms with Gasteiger partial charge in [-0.05, 0) is 56.3 Å². The van der Waals surface area contributed by atoms with Crippen molar-refractivity contribution in [3.8, 4) is 11.5 Å². The number of esters is 1. The average Bonchev–Trinajstić information content (AvgIpc) is 2.76. The van der Waals surface area contributed by atoms with Crippen LogP contribution in [0.2, 0.25) is 0 Å². The summed E-state index contributed by atoms with van der Waals surface area (Å²) < 4.78 is 11.8. The number of aryl methyl sites for hydroxylation is 1. The van der Waals surface area contributed by atoms with Crippen molar-refractivity contribution >= 4 is 34.0 Å². The highest BCUT2D eigenvalue weighted by Crippen LogP contribution is 2.23. The lowest BCUT2D eigenvalue weighted by Crippen LogP contribution is -2.19. The molecule has 0 aliphatic carbocycles. The molecule has 0 aliphatic heterocycles. The number of nitrogens with one attached hydrogen (secondary N) is 1. The number of ether oxygens (including phenoxy) is 2. The van der Waals surface area contributed by atoms with E-state index in [1.54, 1.807) is 60.7 Å². The van der Waals surface area contributed by atoms with Crippen LogP contribution in [0.3, 0.4) is 0 Å². The van der Waals surface area contributed by atoms with Gasteiger partial charge in [-0.1, -0.05) is 45.8 Å². The molecule has 0 bridgehead atoms. The number of halogens is 1. The maximum Gasteiger partial charge on any atom is 0.343 e. The first-order valence-electron chi connectivity index (χ1n) is 9.61. The van der Waals surface area contributed by atoms with E-state index < -0.39 is 11.9 Å². The fraction of sp³-hybridized carbons (Fsp3) is 0.125. The lowest BCUT2D eigenvalue weighted by molar-refractivity contribution is 0.0734. The van der Waals surface area contributed by atoms with Crippen molar-refractivity contribution in [1.82, 2.24) is 5.43 Å². The first-order valence-corrected chi connectivity index (χ1v) is 10.4. The molecule has 158 valence electrons. The summed E-state index contributed by atoms with van der Waals surface area (Å²) in [5, 5.41) is 4.02. The molecule has 0 spiro atoms. The Labute approximate surface area is 189 Å². The highest BCUT2D eigenvalue weighted by molar-refractivity contribution is 9.10. The number of carbonyl (C=O) groups excluding carboxylic acids is 2. The van der Waals surface area contributed by atoms with Crippen molar-refractivity contribution in [2.75, 3.05) is 6.61 Å². The largest absolute Gasteiger partial charge is 0.493 e. The highest BCUT2D eigenvalue weighted by atomic mass is 79.9. The summed E-state index contributed by atoms with van der Waals surface area (Å²) in [6.07, 6.45) is 1.42. The van der Waals surface area contributed by atoms with E-state index in [2.05, 4.69) is 26.5 Å². The summed E-state index contributed by atoms with van der Waals surface area (Å²) in [6.45, 7) is 4.20. The molecule has 0 aromatic heterocycles. The fourth-order valence-electron chi connectivity index (χ4n) is 2.80. The topological polar surface area (TPSA) is 77.0 Å². The van der Waals surface area contributed by atoms with Gasteiger partial charge in [0.05, 0.1) is 23.9 Å². The fourth-order valence-corrected chi connectivity index (χ4v) is 3.18. The second kappa shape index (κ2) is 10.5. The van der Waals surface area contributed by atoms with E-state index in [-0.39, 0.29) is 0 Å². The number of rotatable bonds is 7. The molecule has 0 radical (unpaired) electrons. The van der Waals surface area contributed by atoms with Crippen molar-refractivity contribution in [2.24, 2.45) is 5.10 Å². The Morgan fingerprint density at radius 3 is 2.61 bits per heavy atom.